The maximum absolute atomic E-state index is 12.0. The van der Waals surface area contributed by atoms with Gasteiger partial charge in [0, 0.05) is 11.0 Å². The normalized spacial score (nSPS) is 20.9. The van der Waals surface area contributed by atoms with Gasteiger partial charge in [0.1, 0.15) is 5.38 Å². The van der Waals surface area contributed by atoms with Gasteiger partial charge in [-0.25, -0.2) is 0 Å². The average Bonchev–Trinajstić information content (AvgIpc) is 2.56. The van der Waals surface area contributed by atoms with Crippen LogP contribution >= 0.6 is 23.4 Å². The summed E-state index contributed by atoms with van der Waals surface area (Å²) in [6, 6.07) is 5.91. The summed E-state index contributed by atoms with van der Waals surface area (Å²) in [6.07, 6.45) is 1.89. The van der Waals surface area contributed by atoms with Crippen molar-refractivity contribution < 1.29 is 4.76 Å². The van der Waals surface area contributed by atoms with Crippen molar-refractivity contribution in [2.45, 2.75) is 42.3 Å². The molecular weight excluding hydrogens is 242 g/mol. The molecule has 2 atom stereocenters. The van der Waals surface area contributed by atoms with Crippen LogP contribution in [0, 0.1) is 11.8 Å². The molecule has 0 N–H and O–H groups in total. The van der Waals surface area contributed by atoms with Crippen LogP contribution < -0.4 is 0 Å². The van der Waals surface area contributed by atoms with Crippen LogP contribution in [0.1, 0.15) is 25.3 Å². The standard InChI is InChI=1S/C12H15ClNOS/c1-3-4-9(13)12-14(15)10-6-5-8(2)7-11(10)16-12/h5-7,9,12H,3-4H2,1-2H3/q+1. The van der Waals surface area contributed by atoms with E-state index in [1.165, 1.54) is 5.56 Å². The van der Waals surface area contributed by atoms with E-state index in [-0.39, 0.29) is 10.8 Å². The molecule has 0 aliphatic carbocycles. The van der Waals surface area contributed by atoms with E-state index in [9.17, 15) is 4.91 Å². The topological polar surface area (TPSA) is 20.1 Å². The number of benzene rings is 1. The first-order valence-electron chi connectivity index (χ1n) is 5.51. The lowest BCUT2D eigenvalue weighted by Crippen LogP contribution is -2.23. The molecule has 1 aliphatic heterocycles. The van der Waals surface area contributed by atoms with E-state index in [4.69, 9.17) is 11.6 Å². The summed E-state index contributed by atoms with van der Waals surface area (Å²) >= 11 is 7.84. The lowest BCUT2D eigenvalue weighted by atomic mass is 10.2. The van der Waals surface area contributed by atoms with Gasteiger partial charge in [-0.2, -0.15) is 0 Å². The molecule has 2 rings (SSSR count). The van der Waals surface area contributed by atoms with Crippen molar-refractivity contribution in [3.63, 3.8) is 0 Å². The van der Waals surface area contributed by atoms with Crippen LogP contribution in [0.2, 0.25) is 0 Å². The summed E-state index contributed by atoms with van der Waals surface area (Å²) in [6.45, 7) is 4.12. The van der Waals surface area contributed by atoms with Gasteiger partial charge < -0.3 is 0 Å². The Morgan fingerprint density at radius 2 is 2.31 bits per heavy atom. The predicted octanol–water partition coefficient (Wildman–Crippen LogP) is 4.24. The maximum Gasteiger partial charge on any atom is 0.274 e. The van der Waals surface area contributed by atoms with Crippen LogP contribution in [-0.4, -0.2) is 15.5 Å². The minimum atomic E-state index is -0.168. The Kier molecular flexibility index (Phi) is 3.55. The first kappa shape index (κ1) is 11.9. The number of nitrogens with zero attached hydrogens (tertiary/aromatic N) is 1. The Morgan fingerprint density at radius 3 is 3.00 bits per heavy atom. The van der Waals surface area contributed by atoms with Gasteiger partial charge in [0.15, 0.2) is 0 Å². The number of hydrogen-bond acceptors (Lipinski definition) is 2. The number of aryl methyl sites for hydroxylation is 1. The van der Waals surface area contributed by atoms with Gasteiger partial charge in [0.05, 0.1) is 9.66 Å². The van der Waals surface area contributed by atoms with E-state index in [2.05, 4.69) is 13.0 Å². The van der Waals surface area contributed by atoms with Crippen molar-refractivity contribution in [3.05, 3.63) is 28.7 Å². The highest BCUT2D eigenvalue weighted by Crippen LogP contribution is 2.45. The molecule has 86 valence electrons. The molecule has 16 heavy (non-hydrogen) atoms. The molecule has 0 spiro atoms. The highest BCUT2D eigenvalue weighted by atomic mass is 35.5. The molecule has 0 bridgehead atoms. The fourth-order valence-electron chi connectivity index (χ4n) is 1.85. The van der Waals surface area contributed by atoms with E-state index >= 15 is 0 Å². The summed E-state index contributed by atoms with van der Waals surface area (Å²) in [4.78, 5) is 13.1. The maximum atomic E-state index is 12.0. The third kappa shape index (κ3) is 2.11. The molecule has 4 heteroatoms. The number of halogens is 1. The van der Waals surface area contributed by atoms with Crippen molar-refractivity contribution in [1.29, 1.82) is 0 Å². The molecule has 0 aromatic heterocycles. The van der Waals surface area contributed by atoms with Gasteiger partial charge in [-0.1, -0.05) is 19.4 Å². The van der Waals surface area contributed by atoms with E-state index in [0.717, 1.165) is 28.2 Å². The Balaban J connectivity index is 2.23. The molecule has 2 unspecified atom stereocenters. The third-order valence-corrected chi connectivity index (χ3v) is 4.65. The van der Waals surface area contributed by atoms with Gasteiger partial charge in [0.2, 0.25) is 0 Å². The average molecular weight is 257 g/mol. The summed E-state index contributed by atoms with van der Waals surface area (Å²) in [7, 11) is 0. The highest BCUT2D eigenvalue weighted by Gasteiger charge is 2.43. The van der Waals surface area contributed by atoms with E-state index in [1.54, 1.807) is 11.8 Å². The molecule has 1 heterocycles. The number of rotatable bonds is 3. The van der Waals surface area contributed by atoms with Gasteiger partial charge in [0.25, 0.3) is 11.1 Å². The zero-order valence-corrected chi connectivity index (χ0v) is 11.0. The summed E-state index contributed by atoms with van der Waals surface area (Å²) < 4.78 is 1.06. The Hall–Kier alpha value is -0.540. The zero-order chi connectivity index (χ0) is 11.7. The van der Waals surface area contributed by atoms with Gasteiger partial charge in [-0.3, -0.25) is 0 Å². The van der Waals surface area contributed by atoms with Crippen LogP contribution in [0.5, 0.6) is 0 Å². The Bertz CT molecular complexity index is 421. The summed E-state index contributed by atoms with van der Waals surface area (Å²) in [5.74, 6) is 0. The number of nitroso groups, excluding NO2 is 1. The molecular formula is C12H15ClNOS+. The second kappa shape index (κ2) is 4.76. The number of alkyl halides is 1. The third-order valence-electron chi connectivity index (χ3n) is 2.71. The monoisotopic (exact) mass is 256 g/mol. The molecule has 0 radical (unpaired) electrons. The number of thioether (sulfide) groups is 1. The van der Waals surface area contributed by atoms with Crippen molar-refractivity contribution in [3.8, 4) is 0 Å². The molecule has 2 nitrogen and oxygen atoms in total. The fourth-order valence-corrected chi connectivity index (χ4v) is 3.61. The van der Waals surface area contributed by atoms with Gasteiger partial charge in [-0.15, -0.1) is 11.6 Å². The zero-order valence-electron chi connectivity index (χ0n) is 9.44. The van der Waals surface area contributed by atoms with Crippen molar-refractivity contribution in [2.75, 3.05) is 0 Å². The second-order valence-electron chi connectivity index (χ2n) is 4.11. The van der Waals surface area contributed by atoms with Crippen LogP contribution in [0.3, 0.4) is 0 Å². The lowest BCUT2D eigenvalue weighted by molar-refractivity contribution is -0.475. The lowest BCUT2D eigenvalue weighted by Gasteiger charge is -2.06. The van der Waals surface area contributed by atoms with Crippen LogP contribution in [0.15, 0.2) is 23.1 Å². The Morgan fingerprint density at radius 1 is 1.56 bits per heavy atom. The quantitative estimate of drug-likeness (QED) is 0.595. The smallest absolute Gasteiger partial charge is 0.114 e. The van der Waals surface area contributed by atoms with E-state index in [0.29, 0.717) is 0 Å². The minimum Gasteiger partial charge on any atom is -0.114 e. The van der Waals surface area contributed by atoms with Crippen molar-refractivity contribution >= 4 is 29.1 Å². The first-order valence-corrected chi connectivity index (χ1v) is 6.83. The Labute approximate surface area is 105 Å². The molecule has 0 amide bonds. The van der Waals surface area contributed by atoms with Crippen molar-refractivity contribution in [2.24, 2.45) is 0 Å². The fraction of sp³-hybridized carbons (Fsp3) is 0.500. The molecule has 1 aliphatic rings. The summed E-state index contributed by atoms with van der Waals surface area (Å²) in [5.41, 5.74) is 1.95. The van der Waals surface area contributed by atoms with Crippen LogP contribution in [-0.2, 0) is 0 Å². The number of fused-ring (bicyclic) bond motifs is 1. The molecule has 0 saturated carbocycles. The largest absolute Gasteiger partial charge is 0.274 e. The van der Waals surface area contributed by atoms with Crippen LogP contribution in [0.25, 0.3) is 0 Å². The minimum absolute atomic E-state index is 0.0831. The van der Waals surface area contributed by atoms with Gasteiger partial charge in [-0.05, 0) is 36.7 Å². The molecule has 1 aromatic rings. The van der Waals surface area contributed by atoms with E-state index < -0.39 is 0 Å². The van der Waals surface area contributed by atoms with Crippen molar-refractivity contribution in [1.82, 2.24) is 0 Å². The predicted molar refractivity (Wildman–Crippen MR) is 68.7 cm³/mol. The molecule has 0 saturated heterocycles. The van der Waals surface area contributed by atoms with Gasteiger partial charge >= 0.3 is 0 Å². The van der Waals surface area contributed by atoms with E-state index in [1.807, 2.05) is 19.1 Å². The summed E-state index contributed by atoms with van der Waals surface area (Å²) in [5, 5.41) is -0.251. The molecule has 1 aromatic carbocycles. The van der Waals surface area contributed by atoms with Crippen LogP contribution in [0.4, 0.5) is 5.69 Å². The highest BCUT2D eigenvalue weighted by molar-refractivity contribution is 8.00. The first-order chi connectivity index (χ1) is 7.63. The SMILES string of the molecule is CCCC(Cl)C1Sc2cc(C)ccc2[N+]1=O. The molecule has 0 fully saturated rings. The number of hydrogen-bond donors (Lipinski definition) is 0. The second-order valence-corrected chi connectivity index (χ2v) is 5.83.